The Hall–Kier alpha value is -0.820. The summed E-state index contributed by atoms with van der Waals surface area (Å²) in [5.74, 6) is 0.378. The molecule has 0 aromatic carbocycles. The van der Waals surface area contributed by atoms with Gasteiger partial charge in [-0.15, -0.1) is 13.2 Å². The molecular weight excluding hydrogens is 235 g/mol. The number of halogens is 3. The fraction of sp³-hybridized carbons (Fsp3) is 0.900. The van der Waals surface area contributed by atoms with Gasteiger partial charge in [-0.1, -0.05) is 13.8 Å². The van der Waals surface area contributed by atoms with Crippen LogP contribution in [0.25, 0.3) is 0 Å². The molecule has 0 spiro atoms. The predicted molar refractivity (Wildman–Crippen MR) is 59.8 cm³/mol. The van der Waals surface area contributed by atoms with E-state index in [9.17, 15) is 13.2 Å². The molecule has 0 saturated carbocycles. The molecule has 0 fully saturated rings. The highest BCUT2D eigenvalue weighted by Gasteiger charge is 2.28. The van der Waals surface area contributed by atoms with Crippen molar-refractivity contribution in [1.29, 1.82) is 5.41 Å². The van der Waals surface area contributed by atoms with Gasteiger partial charge in [0, 0.05) is 26.1 Å². The van der Waals surface area contributed by atoms with E-state index in [-0.39, 0.29) is 12.4 Å². The smallest absolute Gasteiger partial charge is 0.388 e. The number of hydrogen-bond acceptors (Lipinski definition) is 3. The van der Waals surface area contributed by atoms with Crippen molar-refractivity contribution >= 4 is 5.84 Å². The number of rotatable bonds is 8. The first-order valence-corrected chi connectivity index (χ1v) is 5.46. The fourth-order valence-corrected chi connectivity index (χ4v) is 1.38. The van der Waals surface area contributed by atoms with E-state index in [1.54, 1.807) is 0 Å². The van der Waals surface area contributed by atoms with Crippen LogP contribution in [-0.2, 0) is 4.74 Å². The number of amidine groups is 1. The standard InChI is InChI=1S/C10H20F3N3O/c1-8(2)7-16(4-3-9(14)15)5-6-17-10(11,12)13/h8H,3-7H2,1-2H3,(H3,14,15). The summed E-state index contributed by atoms with van der Waals surface area (Å²) in [6.45, 7) is 4.89. The molecule has 0 aromatic heterocycles. The minimum atomic E-state index is -4.58. The molecule has 0 heterocycles. The first kappa shape index (κ1) is 16.2. The summed E-state index contributed by atoms with van der Waals surface area (Å²) in [6.07, 6.45) is -4.22. The Labute approximate surface area is 99.4 Å². The second-order valence-corrected chi connectivity index (χ2v) is 4.26. The Bertz CT molecular complexity index is 231. The summed E-state index contributed by atoms with van der Waals surface area (Å²) in [6, 6.07) is 0. The van der Waals surface area contributed by atoms with Crippen molar-refractivity contribution in [1.82, 2.24) is 4.90 Å². The zero-order valence-corrected chi connectivity index (χ0v) is 10.2. The lowest BCUT2D eigenvalue weighted by Crippen LogP contribution is -2.35. The van der Waals surface area contributed by atoms with Crippen molar-refractivity contribution < 1.29 is 17.9 Å². The van der Waals surface area contributed by atoms with Crippen LogP contribution in [0.15, 0.2) is 0 Å². The Morgan fingerprint density at radius 1 is 1.35 bits per heavy atom. The zero-order chi connectivity index (χ0) is 13.5. The van der Waals surface area contributed by atoms with Gasteiger partial charge in [-0.2, -0.15) is 0 Å². The van der Waals surface area contributed by atoms with Gasteiger partial charge in [-0.3, -0.25) is 10.1 Å². The lowest BCUT2D eigenvalue weighted by Gasteiger charge is -2.24. The molecule has 102 valence electrons. The molecule has 17 heavy (non-hydrogen) atoms. The molecule has 0 saturated heterocycles. The van der Waals surface area contributed by atoms with E-state index < -0.39 is 13.0 Å². The van der Waals surface area contributed by atoms with Crippen LogP contribution in [0.5, 0.6) is 0 Å². The molecule has 0 radical (unpaired) electrons. The maximum Gasteiger partial charge on any atom is 0.522 e. The lowest BCUT2D eigenvalue weighted by atomic mass is 10.2. The van der Waals surface area contributed by atoms with Crippen molar-refractivity contribution in [3.8, 4) is 0 Å². The van der Waals surface area contributed by atoms with Crippen LogP contribution in [0.4, 0.5) is 13.2 Å². The highest BCUT2D eigenvalue weighted by atomic mass is 19.4. The summed E-state index contributed by atoms with van der Waals surface area (Å²) in [4.78, 5) is 1.82. The molecular formula is C10H20F3N3O. The van der Waals surface area contributed by atoms with Gasteiger partial charge >= 0.3 is 6.36 Å². The lowest BCUT2D eigenvalue weighted by molar-refractivity contribution is -0.325. The van der Waals surface area contributed by atoms with E-state index >= 15 is 0 Å². The minimum absolute atomic E-state index is 0.0375. The second-order valence-electron chi connectivity index (χ2n) is 4.26. The van der Waals surface area contributed by atoms with Gasteiger partial charge < -0.3 is 10.6 Å². The van der Waals surface area contributed by atoms with Gasteiger partial charge in [0.2, 0.25) is 0 Å². The normalized spacial score (nSPS) is 12.4. The van der Waals surface area contributed by atoms with Crippen molar-refractivity contribution in [2.45, 2.75) is 26.6 Å². The second kappa shape index (κ2) is 7.50. The maximum absolute atomic E-state index is 11.8. The maximum atomic E-state index is 11.8. The molecule has 0 unspecified atom stereocenters. The molecule has 7 heteroatoms. The van der Waals surface area contributed by atoms with Crippen molar-refractivity contribution in [3.05, 3.63) is 0 Å². The zero-order valence-electron chi connectivity index (χ0n) is 10.2. The molecule has 0 rings (SSSR count). The van der Waals surface area contributed by atoms with E-state index in [0.717, 1.165) is 0 Å². The van der Waals surface area contributed by atoms with Crippen LogP contribution in [0.2, 0.25) is 0 Å². The number of ether oxygens (including phenoxy) is 1. The van der Waals surface area contributed by atoms with E-state index in [1.165, 1.54) is 0 Å². The van der Waals surface area contributed by atoms with Gasteiger partial charge in [-0.25, -0.2) is 0 Å². The fourth-order valence-electron chi connectivity index (χ4n) is 1.38. The third-order valence-electron chi connectivity index (χ3n) is 1.99. The molecule has 0 aliphatic carbocycles. The third kappa shape index (κ3) is 11.4. The van der Waals surface area contributed by atoms with Crippen LogP contribution in [0.1, 0.15) is 20.3 Å². The summed E-state index contributed by atoms with van der Waals surface area (Å²) in [5.41, 5.74) is 5.21. The number of nitrogens with one attached hydrogen (secondary N) is 1. The van der Waals surface area contributed by atoms with Crippen LogP contribution in [0.3, 0.4) is 0 Å². The Balaban J connectivity index is 3.97. The number of nitrogens with zero attached hydrogens (tertiary/aromatic N) is 1. The van der Waals surface area contributed by atoms with Crippen molar-refractivity contribution in [3.63, 3.8) is 0 Å². The molecule has 0 bridgehead atoms. The first-order valence-electron chi connectivity index (χ1n) is 5.46. The van der Waals surface area contributed by atoms with Crippen molar-refractivity contribution in [2.24, 2.45) is 11.7 Å². The predicted octanol–water partition coefficient (Wildman–Crippen LogP) is 1.81. The Morgan fingerprint density at radius 2 is 1.94 bits per heavy atom. The van der Waals surface area contributed by atoms with Crippen LogP contribution >= 0.6 is 0 Å². The molecule has 0 aliphatic heterocycles. The Morgan fingerprint density at radius 3 is 2.35 bits per heavy atom. The van der Waals surface area contributed by atoms with Gasteiger partial charge in [0.1, 0.15) is 0 Å². The SMILES string of the molecule is CC(C)CN(CCOC(F)(F)F)CCC(=N)N. The summed E-state index contributed by atoms with van der Waals surface area (Å²) >= 11 is 0. The molecule has 3 N–H and O–H groups in total. The number of nitrogens with two attached hydrogens (primary N) is 1. The van der Waals surface area contributed by atoms with E-state index in [2.05, 4.69) is 4.74 Å². The number of hydrogen-bond donors (Lipinski definition) is 2. The van der Waals surface area contributed by atoms with Gasteiger partial charge in [0.25, 0.3) is 0 Å². The quantitative estimate of drug-likeness (QED) is 0.513. The average molecular weight is 255 g/mol. The van der Waals surface area contributed by atoms with Crippen LogP contribution < -0.4 is 5.73 Å². The minimum Gasteiger partial charge on any atom is -0.388 e. The largest absolute Gasteiger partial charge is 0.522 e. The summed E-state index contributed by atoms with van der Waals surface area (Å²) in [5, 5.41) is 7.09. The highest BCUT2D eigenvalue weighted by Crippen LogP contribution is 2.15. The summed E-state index contributed by atoms with van der Waals surface area (Å²) < 4.78 is 39.1. The number of alkyl halides is 3. The van der Waals surface area contributed by atoms with E-state index in [4.69, 9.17) is 11.1 Å². The van der Waals surface area contributed by atoms with Crippen LogP contribution in [0, 0.1) is 11.3 Å². The summed E-state index contributed by atoms with van der Waals surface area (Å²) in [7, 11) is 0. The van der Waals surface area contributed by atoms with Crippen LogP contribution in [-0.4, -0.2) is 43.3 Å². The van der Waals surface area contributed by atoms with Gasteiger partial charge in [-0.05, 0) is 5.92 Å². The molecule has 0 aromatic rings. The molecule has 0 amide bonds. The molecule has 0 atom stereocenters. The van der Waals surface area contributed by atoms with Gasteiger partial charge in [0.15, 0.2) is 0 Å². The first-order chi connectivity index (χ1) is 7.70. The average Bonchev–Trinajstić information content (AvgIpc) is 2.10. The molecule has 4 nitrogen and oxygen atoms in total. The third-order valence-corrected chi connectivity index (χ3v) is 1.99. The Kier molecular flexibility index (Phi) is 7.13. The van der Waals surface area contributed by atoms with Gasteiger partial charge in [0.05, 0.1) is 12.4 Å². The van der Waals surface area contributed by atoms with E-state index in [0.29, 0.717) is 25.4 Å². The van der Waals surface area contributed by atoms with Crippen molar-refractivity contribution in [2.75, 3.05) is 26.2 Å². The topological polar surface area (TPSA) is 62.3 Å². The highest BCUT2D eigenvalue weighted by molar-refractivity contribution is 5.76. The van der Waals surface area contributed by atoms with E-state index in [1.807, 2.05) is 18.7 Å². The molecule has 0 aliphatic rings. The monoisotopic (exact) mass is 255 g/mol.